The van der Waals surface area contributed by atoms with Gasteiger partial charge in [-0.2, -0.15) is 4.98 Å². The first kappa shape index (κ1) is 9.97. The fraction of sp³-hybridized carbons (Fsp3) is 0.556. The number of carbonyl (C=O) groups is 1. The van der Waals surface area contributed by atoms with Crippen LogP contribution in [0.4, 0.5) is 0 Å². The highest BCUT2D eigenvalue weighted by atomic mass is 16.6. The summed E-state index contributed by atoms with van der Waals surface area (Å²) in [7, 11) is 0. The van der Waals surface area contributed by atoms with Gasteiger partial charge in [-0.3, -0.25) is 0 Å². The molecular formula is C9H11NO5. The van der Waals surface area contributed by atoms with Gasteiger partial charge in [0.15, 0.2) is 11.8 Å². The molecule has 82 valence electrons. The Morgan fingerprint density at radius 2 is 2.47 bits per heavy atom. The molecule has 0 aliphatic carbocycles. The van der Waals surface area contributed by atoms with E-state index in [4.69, 9.17) is 18.6 Å². The van der Waals surface area contributed by atoms with Gasteiger partial charge >= 0.3 is 12.0 Å². The molecule has 1 aliphatic rings. The first-order valence-corrected chi connectivity index (χ1v) is 4.66. The number of ether oxygens (including phenoxy) is 3. The Balaban J connectivity index is 1.93. The van der Waals surface area contributed by atoms with E-state index in [1.54, 1.807) is 6.92 Å². The Bertz CT molecular complexity index is 344. The minimum atomic E-state index is -0.513. The number of hydrogen-bond donors (Lipinski definition) is 0. The molecule has 1 aromatic heterocycles. The monoisotopic (exact) mass is 213 g/mol. The Hall–Kier alpha value is -1.56. The van der Waals surface area contributed by atoms with E-state index in [0.29, 0.717) is 19.8 Å². The summed E-state index contributed by atoms with van der Waals surface area (Å²) in [6, 6.07) is 0. The van der Waals surface area contributed by atoms with E-state index in [2.05, 4.69) is 4.98 Å². The van der Waals surface area contributed by atoms with Gasteiger partial charge in [0.2, 0.25) is 0 Å². The zero-order chi connectivity index (χ0) is 10.7. The molecule has 6 heteroatoms. The largest absolute Gasteiger partial charge is 0.461 e. The van der Waals surface area contributed by atoms with Crippen molar-refractivity contribution in [3.63, 3.8) is 0 Å². The SMILES string of the molecule is CCOC(=O)c1coc(OC2COC2)n1. The predicted molar refractivity (Wildman–Crippen MR) is 47.7 cm³/mol. The van der Waals surface area contributed by atoms with Gasteiger partial charge in [0.25, 0.3) is 0 Å². The third-order valence-corrected chi connectivity index (χ3v) is 1.84. The van der Waals surface area contributed by atoms with Crippen molar-refractivity contribution >= 4 is 5.97 Å². The van der Waals surface area contributed by atoms with E-state index in [1.165, 1.54) is 6.26 Å². The summed E-state index contributed by atoms with van der Waals surface area (Å²) in [5.41, 5.74) is 0.118. The van der Waals surface area contributed by atoms with E-state index >= 15 is 0 Å². The minimum Gasteiger partial charge on any atom is -0.461 e. The van der Waals surface area contributed by atoms with E-state index in [-0.39, 0.29) is 17.9 Å². The zero-order valence-corrected chi connectivity index (χ0v) is 8.26. The van der Waals surface area contributed by atoms with Gasteiger partial charge < -0.3 is 18.6 Å². The molecular weight excluding hydrogens is 202 g/mol. The lowest BCUT2D eigenvalue weighted by Gasteiger charge is -2.24. The lowest BCUT2D eigenvalue weighted by atomic mass is 10.3. The maximum Gasteiger partial charge on any atom is 0.394 e. The molecule has 0 N–H and O–H groups in total. The Kier molecular flexibility index (Phi) is 2.86. The quantitative estimate of drug-likeness (QED) is 0.683. The summed E-state index contributed by atoms with van der Waals surface area (Å²) in [5, 5.41) is 0. The van der Waals surface area contributed by atoms with Crippen molar-refractivity contribution < 1.29 is 23.4 Å². The van der Waals surface area contributed by atoms with Gasteiger partial charge in [0.1, 0.15) is 6.26 Å². The maximum atomic E-state index is 11.2. The number of rotatable bonds is 4. The number of oxazole rings is 1. The molecule has 0 radical (unpaired) electrons. The van der Waals surface area contributed by atoms with Crippen LogP contribution in [-0.2, 0) is 9.47 Å². The Morgan fingerprint density at radius 3 is 3.07 bits per heavy atom. The van der Waals surface area contributed by atoms with E-state index in [9.17, 15) is 4.79 Å². The van der Waals surface area contributed by atoms with Crippen LogP contribution in [0.2, 0.25) is 0 Å². The molecule has 1 fully saturated rings. The average Bonchev–Trinajstić information content (AvgIpc) is 2.60. The van der Waals surface area contributed by atoms with Crippen molar-refractivity contribution in [3.8, 4) is 6.08 Å². The molecule has 0 aromatic carbocycles. The number of aromatic nitrogens is 1. The molecule has 0 atom stereocenters. The van der Waals surface area contributed by atoms with Gasteiger partial charge in [0.05, 0.1) is 19.8 Å². The van der Waals surface area contributed by atoms with E-state index in [0.717, 1.165) is 0 Å². The highest BCUT2D eigenvalue weighted by Gasteiger charge is 2.23. The van der Waals surface area contributed by atoms with E-state index < -0.39 is 5.97 Å². The molecule has 1 aromatic rings. The number of hydrogen-bond acceptors (Lipinski definition) is 6. The lowest BCUT2D eigenvalue weighted by Crippen LogP contribution is -2.38. The highest BCUT2D eigenvalue weighted by Crippen LogP contribution is 2.15. The Labute approximate surface area is 86.1 Å². The highest BCUT2D eigenvalue weighted by molar-refractivity contribution is 5.86. The van der Waals surface area contributed by atoms with Gasteiger partial charge in [-0.1, -0.05) is 0 Å². The molecule has 0 amide bonds. The normalized spacial score (nSPS) is 15.8. The van der Waals surface area contributed by atoms with Crippen LogP contribution in [0.15, 0.2) is 10.7 Å². The lowest BCUT2D eigenvalue weighted by molar-refractivity contribution is -0.0894. The van der Waals surface area contributed by atoms with Crippen molar-refractivity contribution in [1.82, 2.24) is 4.98 Å². The zero-order valence-electron chi connectivity index (χ0n) is 8.26. The standard InChI is InChI=1S/C9H11NO5/c1-2-13-8(11)7-5-14-9(10-7)15-6-3-12-4-6/h5-6H,2-4H2,1H3. The van der Waals surface area contributed by atoms with Crippen LogP contribution >= 0.6 is 0 Å². The van der Waals surface area contributed by atoms with Gasteiger partial charge in [-0.25, -0.2) is 4.79 Å². The molecule has 2 heterocycles. The minimum absolute atomic E-state index is 0.0290. The first-order valence-electron chi connectivity index (χ1n) is 4.66. The summed E-state index contributed by atoms with van der Waals surface area (Å²) in [5.74, 6) is -0.513. The van der Waals surface area contributed by atoms with Crippen molar-refractivity contribution in [2.45, 2.75) is 13.0 Å². The summed E-state index contributed by atoms with van der Waals surface area (Å²) < 4.78 is 19.9. The van der Waals surface area contributed by atoms with Crippen molar-refractivity contribution in [1.29, 1.82) is 0 Å². The third-order valence-electron chi connectivity index (χ3n) is 1.84. The number of nitrogens with zero attached hydrogens (tertiary/aromatic N) is 1. The first-order chi connectivity index (χ1) is 7.29. The summed E-state index contributed by atoms with van der Waals surface area (Å²) >= 11 is 0. The van der Waals surface area contributed by atoms with Crippen LogP contribution in [0.25, 0.3) is 0 Å². The van der Waals surface area contributed by atoms with Crippen molar-refractivity contribution in [2.75, 3.05) is 19.8 Å². The second kappa shape index (κ2) is 4.31. The fourth-order valence-electron chi connectivity index (χ4n) is 1.03. The molecule has 0 spiro atoms. The van der Waals surface area contributed by atoms with Gasteiger partial charge in [-0.15, -0.1) is 0 Å². The van der Waals surface area contributed by atoms with E-state index in [1.807, 2.05) is 0 Å². The molecule has 0 unspecified atom stereocenters. The number of esters is 1. The second-order valence-electron chi connectivity index (χ2n) is 3.00. The topological polar surface area (TPSA) is 70.8 Å². The molecule has 1 saturated heterocycles. The van der Waals surface area contributed by atoms with Gasteiger partial charge in [-0.05, 0) is 6.92 Å². The summed E-state index contributed by atoms with van der Waals surface area (Å²) in [6.45, 7) is 3.08. The number of carbonyl (C=O) groups excluding carboxylic acids is 1. The molecule has 2 rings (SSSR count). The molecule has 0 saturated carbocycles. The second-order valence-corrected chi connectivity index (χ2v) is 3.00. The fourth-order valence-corrected chi connectivity index (χ4v) is 1.03. The Morgan fingerprint density at radius 1 is 1.67 bits per heavy atom. The van der Waals surface area contributed by atoms with Crippen LogP contribution in [0.5, 0.6) is 6.08 Å². The smallest absolute Gasteiger partial charge is 0.394 e. The van der Waals surface area contributed by atoms with Crippen LogP contribution in [0.1, 0.15) is 17.4 Å². The van der Waals surface area contributed by atoms with Crippen LogP contribution in [0, 0.1) is 0 Å². The summed E-state index contributed by atoms with van der Waals surface area (Å²) in [4.78, 5) is 15.0. The van der Waals surface area contributed by atoms with Gasteiger partial charge in [0, 0.05) is 0 Å². The van der Waals surface area contributed by atoms with Crippen molar-refractivity contribution in [2.24, 2.45) is 0 Å². The molecule has 0 bridgehead atoms. The van der Waals surface area contributed by atoms with Crippen molar-refractivity contribution in [3.05, 3.63) is 12.0 Å². The molecule has 6 nitrogen and oxygen atoms in total. The summed E-state index contributed by atoms with van der Waals surface area (Å²) in [6.07, 6.45) is 1.26. The molecule has 1 aliphatic heterocycles. The van der Waals surface area contributed by atoms with Crippen LogP contribution < -0.4 is 4.74 Å². The average molecular weight is 213 g/mol. The van der Waals surface area contributed by atoms with Crippen LogP contribution in [0.3, 0.4) is 0 Å². The third kappa shape index (κ3) is 2.27. The molecule has 15 heavy (non-hydrogen) atoms. The van der Waals surface area contributed by atoms with Crippen LogP contribution in [-0.4, -0.2) is 36.9 Å². The maximum absolute atomic E-state index is 11.2. The predicted octanol–water partition coefficient (Wildman–Crippen LogP) is 0.629.